The Labute approximate surface area is 253 Å². The zero-order valence-corrected chi connectivity index (χ0v) is 24.5. The van der Waals surface area contributed by atoms with Gasteiger partial charge in [-0.15, -0.1) is 0 Å². The van der Waals surface area contributed by atoms with Crippen LogP contribution in [0, 0.1) is 10.8 Å². The summed E-state index contributed by atoms with van der Waals surface area (Å²) in [5.74, 6) is -1.32. The summed E-state index contributed by atoms with van der Waals surface area (Å²) in [5.41, 5.74) is -1.69. The van der Waals surface area contributed by atoms with Crippen LogP contribution in [0.4, 0.5) is 0 Å². The first-order valence-corrected chi connectivity index (χ1v) is 13.9. The van der Waals surface area contributed by atoms with Gasteiger partial charge in [-0.2, -0.15) is 0 Å². The third-order valence-corrected chi connectivity index (χ3v) is 7.78. The molecule has 0 N–H and O–H groups in total. The Kier molecular flexibility index (Phi) is 22.3. The summed E-state index contributed by atoms with van der Waals surface area (Å²) in [5, 5.41) is 0. The van der Waals surface area contributed by atoms with Crippen molar-refractivity contribution >= 4 is 23.9 Å². The van der Waals surface area contributed by atoms with Crippen LogP contribution < -0.4 is 0 Å². The third kappa shape index (κ3) is 16.2. The van der Waals surface area contributed by atoms with Crippen LogP contribution in [0.15, 0.2) is 0 Å². The molecule has 0 spiro atoms. The summed E-state index contributed by atoms with van der Waals surface area (Å²) in [6.45, 7) is 14.9. The van der Waals surface area contributed by atoms with Gasteiger partial charge in [-0.05, 0) is 106 Å². The van der Waals surface area contributed by atoms with Gasteiger partial charge in [-0.3, -0.25) is 14.4 Å². The summed E-state index contributed by atoms with van der Waals surface area (Å²) in [4.78, 5) is 46.7. The van der Waals surface area contributed by atoms with Crippen molar-refractivity contribution < 1.29 is 38.1 Å². The highest BCUT2D eigenvalue weighted by molar-refractivity contribution is 5.80. The van der Waals surface area contributed by atoms with Gasteiger partial charge in [-0.25, -0.2) is 4.79 Å². The lowest BCUT2D eigenvalue weighted by Gasteiger charge is -2.25. The fraction of sp³-hybridized carbons (Fsp3) is 0.879. The maximum atomic E-state index is 11.7. The van der Waals surface area contributed by atoms with Crippen LogP contribution in [0.5, 0.6) is 0 Å². The van der Waals surface area contributed by atoms with Crippen LogP contribution >= 0.6 is 0 Å². The van der Waals surface area contributed by atoms with Crippen LogP contribution in [0.3, 0.4) is 0 Å². The second-order valence-electron chi connectivity index (χ2n) is 12.2. The van der Waals surface area contributed by atoms with E-state index in [1.54, 1.807) is 13.8 Å². The molecule has 0 atom stereocenters. The molecule has 2 saturated carbocycles. The Morgan fingerprint density at radius 3 is 1.32 bits per heavy atom. The minimum atomic E-state index is -0.544. The van der Waals surface area contributed by atoms with E-state index in [0.29, 0.717) is 12.8 Å². The summed E-state index contributed by atoms with van der Waals surface area (Å²) in [6.07, 6.45) is 9.60. The van der Waals surface area contributed by atoms with Crippen LogP contribution in [0.25, 0.3) is 0 Å². The van der Waals surface area contributed by atoms with Crippen molar-refractivity contribution in [3.8, 4) is 0 Å². The number of hydrogen-bond donors (Lipinski definition) is 0. The molecule has 0 aromatic heterocycles. The molecule has 8 heteroatoms. The van der Waals surface area contributed by atoms with Gasteiger partial charge >= 0.3 is 23.9 Å². The zero-order chi connectivity index (χ0) is 28.3. The molecule has 0 bridgehead atoms. The molecule has 0 radical (unpaired) electrons. The first kappa shape index (κ1) is 45.9. The Morgan fingerprint density at radius 2 is 0.951 bits per heavy atom. The van der Waals surface area contributed by atoms with E-state index in [4.69, 9.17) is 18.9 Å². The van der Waals surface area contributed by atoms with Crippen molar-refractivity contribution in [2.24, 2.45) is 10.8 Å². The molecule has 0 aromatic rings. The molecule has 2 fully saturated rings. The Morgan fingerprint density at radius 1 is 0.610 bits per heavy atom. The minimum Gasteiger partial charge on any atom is -0.465 e. The monoisotopic (exact) mass is 590 g/mol. The second kappa shape index (κ2) is 19.9. The zero-order valence-electron chi connectivity index (χ0n) is 24.5. The van der Waals surface area contributed by atoms with Crippen molar-refractivity contribution in [2.75, 3.05) is 13.2 Å². The number of hydrogen-bond acceptors (Lipinski definition) is 8. The van der Waals surface area contributed by atoms with Gasteiger partial charge in [-0.1, -0.05) is 43.6 Å². The second-order valence-corrected chi connectivity index (χ2v) is 12.2. The standard InChI is InChI=1S/C15H26O4.C14H24O4.4CH4/c1-5-14(2,3)13(17)18-11-8-12(16)19-15(4)9-6-7-10-15;1-5-13(2,3)12(16)17-10-11(15)18-14(4)8-6-7-9-14;;;;/h5-11H2,1-4H3;5-10H2,1-4H3;4*1H4. The third-order valence-electron chi connectivity index (χ3n) is 7.78. The van der Waals surface area contributed by atoms with E-state index in [9.17, 15) is 19.2 Å². The molecule has 2 rings (SSSR count). The Balaban J connectivity index is -0.000000305. The largest absolute Gasteiger partial charge is 0.465 e. The normalized spacial score (nSPS) is 16.5. The molecular weight excluding hydrogens is 524 g/mol. The number of rotatable bonds is 11. The van der Waals surface area contributed by atoms with Gasteiger partial charge in [0.1, 0.15) is 17.8 Å². The van der Waals surface area contributed by atoms with Crippen LogP contribution in [0.2, 0.25) is 0 Å². The molecule has 8 nitrogen and oxygen atoms in total. The highest BCUT2D eigenvalue weighted by Gasteiger charge is 2.34. The number of carbonyl (C=O) groups is 4. The molecule has 0 saturated heterocycles. The summed E-state index contributed by atoms with van der Waals surface area (Å²) in [6, 6.07) is 0. The van der Waals surface area contributed by atoms with Crippen molar-refractivity contribution in [1.82, 2.24) is 0 Å². The van der Waals surface area contributed by atoms with E-state index in [2.05, 4.69) is 0 Å². The number of ether oxygens (including phenoxy) is 4. The topological polar surface area (TPSA) is 105 Å². The van der Waals surface area contributed by atoms with E-state index >= 15 is 0 Å². The van der Waals surface area contributed by atoms with Crippen LogP contribution in [-0.4, -0.2) is 48.3 Å². The first-order chi connectivity index (χ1) is 17.1. The average molecular weight is 591 g/mol. The van der Waals surface area contributed by atoms with E-state index in [1.165, 1.54) is 0 Å². The van der Waals surface area contributed by atoms with E-state index in [0.717, 1.165) is 51.4 Å². The molecular formula is C33H66O8. The lowest BCUT2D eigenvalue weighted by atomic mass is 9.91. The van der Waals surface area contributed by atoms with Crippen LogP contribution in [0.1, 0.15) is 156 Å². The fourth-order valence-corrected chi connectivity index (χ4v) is 4.11. The molecule has 0 amide bonds. The summed E-state index contributed by atoms with van der Waals surface area (Å²) >= 11 is 0. The number of carbonyl (C=O) groups excluding carboxylic acids is 4. The molecule has 41 heavy (non-hydrogen) atoms. The Hall–Kier alpha value is -2.12. The SMILES string of the molecule is C.C.C.C.CCC(C)(C)C(=O)OCC(=O)OC1(C)CCCC1.CCC(C)(C)C(=O)OCCC(=O)OC1(C)CCCC1. The van der Waals surface area contributed by atoms with Gasteiger partial charge in [0.2, 0.25) is 0 Å². The van der Waals surface area contributed by atoms with Crippen molar-refractivity contribution in [1.29, 1.82) is 0 Å². The molecule has 0 aromatic carbocycles. The summed E-state index contributed by atoms with van der Waals surface area (Å²) in [7, 11) is 0. The van der Waals surface area contributed by atoms with Crippen molar-refractivity contribution in [3.05, 3.63) is 0 Å². The summed E-state index contributed by atoms with van der Waals surface area (Å²) < 4.78 is 21.0. The maximum absolute atomic E-state index is 11.7. The lowest BCUT2D eigenvalue weighted by Crippen LogP contribution is -2.33. The molecule has 0 aliphatic heterocycles. The quantitative estimate of drug-likeness (QED) is 0.174. The van der Waals surface area contributed by atoms with Gasteiger partial charge in [0.05, 0.1) is 17.3 Å². The highest BCUT2D eigenvalue weighted by Crippen LogP contribution is 2.33. The van der Waals surface area contributed by atoms with E-state index in [-0.39, 0.29) is 78.5 Å². The molecule has 0 heterocycles. The minimum absolute atomic E-state index is 0. The smallest absolute Gasteiger partial charge is 0.344 e. The molecule has 2 aliphatic carbocycles. The van der Waals surface area contributed by atoms with Crippen molar-refractivity contribution in [3.63, 3.8) is 0 Å². The van der Waals surface area contributed by atoms with Gasteiger partial charge in [0.15, 0.2) is 6.61 Å². The Bertz CT molecular complexity index is 772. The predicted molar refractivity (Wildman–Crippen MR) is 168 cm³/mol. The van der Waals surface area contributed by atoms with Crippen LogP contribution in [-0.2, 0) is 38.1 Å². The first-order valence-electron chi connectivity index (χ1n) is 13.9. The van der Waals surface area contributed by atoms with Gasteiger partial charge < -0.3 is 18.9 Å². The molecule has 2 aliphatic rings. The van der Waals surface area contributed by atoms with E-state index in [1.807, 2.05) is 41.5 Å². The molecule has 246 valence electrons. The van der Waals surface area contributed by atoms with E-state index < -0.39 is 16.8 Å². The lowest BCUT2D eigenvalue weighted by molar-refractivity contribution is -0.172. The van der Waals surface area contributed by atoms with Gasteiger partial charge in [0, 0.05) is 0 Å². The maximum Gasteiger partial charge on any atom is 0.344 e. The average Bonchev–Trinajstić information content (AvgIpc) is 3.45. The predicted octanol–water partition coefficient (Wildman–Crippen LogP) is 8.62. The fourth-order valence-electron chi connectivity index (χ4n) is 4.11. The van der Waals surface area contributed by atoms with Crippen molar-refractivity contribution in [2.45, 2.75) is 167 Å². The highest BCUT2D eigenvalue weighted by atomic mass is 16.6. The molecule has 0 unspecified atom stereocenters. The van der Waals surface area contributed by atoms with Gasteiger partial charge in [0.25, 0.3) is 0 Å². The number of esters is 4.